The van der Waals surface area contributed by atoms with Gasteiger partial charge in [0.1, 0.15) is 11.5 Å². The van der Waals surface area contributed by atoms with Gasteiger partial charge in [-0.05, 0) is 34.1 Å². The lowest BCUT2D eigenvalue weighted by Crippen LogP contribution is -2.50. The number of hydrogen-bond acceptors (Lipinski definition) is 5. The van der Waals surface area contributed by atoms with Crippen LogP contribution < -0.4 is 4.90 Å². The highest BCUT2D eigenvalue weighted by molar-refractivity contribution is 9.10. The van der Waals surface area contributed by atoms with Crippen LogP contribution >= 0.6 is 15.9 Å². The Hall–Kier alpha value is -2.35. The Labute approximate surface area is 147 Å². The van der Waals surface area contributed by atoms with Crippen molar-refractivity contribution >= 4 is 33.6 Å². The number of halogens is 1. The van der Waals surface area contributed by atoms with Gasteiger partial charge in [0.15, 0.2) is 6.61 Å². The molecule has 1 aliphatic rings. The number of H-pyrrole nitrogens is 1. The average Bonchev–Trinajstić information content (AvgIpc) is 3.07. The number of piperazine rings is 1. The van der Waals surface area contributed by atoms with Gasteiger partial charge in [-0.25, -0.2) is 9.78 Å². The minimum atomic E-state index is -0.541. The van der Waals surface area contributed by atoms with Crippen molar-refractivity contribution in [2.45, 2.75) is 0 Å². The molecule has 1 fully saturated rings. The van der Waals surface area contributed by atoms with E-state index in [0.717, 1.165) is 10.3 Å². The summed E-state index contributed by atoms with van der Waals surface area (Å²) in [5, 5.41) is 0. The van der Waals surface area contributed by atoms with Crippen molar-refractivity contribution in [3.63, 3.8) is 0 Å². The summed E-state index contributed by atoms with van der Waals surface area (Å²) in [5.41, 5.74) is 0.314. The minimum Gasteiger partial charge on any atom is -0.451 e. The van der Waals surface area contributed by atoms with Crippen LogP contribution in [0.15, 0.2) is 41.1 Å². The number of nitrogens with zero attached hydrogens (tertiary/aromatic N) is 3. The molecule has 0 aromatic carbocycles. The standard InChI is InChI=1S/C16H17BrN4O3/c17-12-9-13(19-10-12)16(23)24-11-15(22)21-7-5-20(6-8-21)14-3-1-2-4-18-14/h1-4,9-10,19H,5-8,11H2. The van der Waals surface area contributed by atoms with Gasteiger partial charge in [-0.2, -0.15) is 0 Å². The van der Waals surface area contributed by atoms with Crippen molar-refractivity contribution in [1.29, 1.82) is 0 Å². The molecule has 0 radical (unpaired) electrons. The molecule has 1 saturated heterocycles. The normalized spacial score (nSPS) is 14.5. The van der Waals surface area contributed by atoms with E-state index in [0.29, 0.717) is 31.9 Å². The Kier molecular flexibility index (Phi) is 5.14. The van der Waals surface area contributed by atoms with Crippen LogP contribution in [-0.2, 0) is 9.53 Å². The SMILES string of the molecule is O=C(OCC(=O)N1CCN(c2ccccn2)CC1)c1cc(Br)c[nH]1. The number of aromatic nitrogens is 2. The van der Waals surface area contributed by atoms with Gasteiger partial charge in [0.2, 0.25) is 0 Å². The van der Waals surface area contributed by atoms with E-state index in [9.17, 15) is 9.59 Å². The van der Waals surface area contributed by atoms with Crippen molar-refractivity contribution in [3.8, 4) is 0 Å². The van der Waals surface area contributed by atoms with Gasteiger partial charge in [-0.3, -0.25) is 4.79 Å². The molecular weight excluding hydrogens is 376 g/mol. The molecule has 24 heavy (non-hydrogen) atoms. The molecule has 8 heteroatoms. The van der Waals surface area contributed by atoms with Crippen LogP contribution in [-0.4, -0.2) is 59.5 Å². The molecule has 1 N–H and O–H groups in total. The summed E-state index contributed by atoms with van der Waals surface area (Å²) >= 11 is 3.24. The second-order valence-electron chi connectivity index (χ2n) is 5.36. The highest BCUT2D eigenvalue weighted by Crippen LogP contribution is 2.13. The smallest absolute Gasteiger partial charge is 0.355 e. The monoisotopic (exact) mass is 392 g/mol. The van der Waals surface area contributed by atoms with Crippen LogP contribution in [0.1, 0.15) is 10.5 Å². The van der Waals surface area contributed by atoms with Crippen LogP contribution in [0.2, 0.25) is 0 Å². The van der Waals surface area contributed by atoms with Crippen molar-refractivity contribution in [2.24, 2.45) is 0 Å². The van der Waals surface area contributed by atoms with Gasteiger partial charge in [0.25, 0.3) is 5.91 Å². The van der Waals surface area contributed by atoms with Gasteiger partial charge >= 0.3 is 5.97 Å². The molecule has 126 valence electrons. The molecule has 0 saturated carbocycles. The zero-order chi connectivity index (χ0) is 16.9. The molecule has 0 aliphatic carbocycles. The number of aromatic amines is 1. The summed E-state index contributed by atoms with van der Waals surface area (Å²) in [4.78, 5) is 34.9. The fourth-order valence-electron chi connectivity index (χ4n) is 2.51. The second-order valence-corrected chi connectivity index (χ2v) is 6.28. The molecule has 0 atom stereocenters. The summed E-state index contributed by atoms with van der Waals surface area (Å²) in [5.74, 6) is 0.184. The Bertz CT molecular complexity index is 711. The van der Waals surface area contributed by atoms with Crippen molar-refractivity contribution < 1.29 is 14.3 Å². The third-order valence-corrected chi connectivity index (χ3v) is 4.26. The van der Waals surface area contributed by atoms with Gasteiger partial charge in [0.05, 0.1) is 0 Å². The number of pyridine rings is 1. The molecule has 0 spiro atoms. The van der Waals surface area contributed by atoms with Crippen molar-refractivity contribution in [2.75, 3.05) is 37.7 Å². The number of hydrogen-bond donors (Lipinski definition) is 1. The topological polar surface area (TPSA) is 78.5 Å². The lowest BCUT2D eigenvalue weighted by molar-refractivity contribution is -0.134. The van der Waals surface area contributed by atoms with Gasteiger partial charge in [-0.15, -0.1) is 0 Å². The molecule has 3 rings (SSSR count). The number of ether oxygens (including phenoxy) is 1. The van der Waals surface area contributed by atoms with E-state index >= 15 is 0 Å². The molecule has 0 unspecified atom stereocenters. The molecule has 3 heterocycles. The van der Waals surface area contributed by atoms with Crippen LogP contribution in [0.4, 0.5) is 5.82 Å². The molecule has 1 aliphatic heterocycles. The van der Waals surface area contributed by atoms with Crippen LogP contribution in [0.25, 0.3) is 0 Å². The van der Waals surface area contributed by atoms with Crippen LogP contribution in [0.3, 0.4) is 0 Å². The number of esters is 1. The maximum atomic E-state index is 12.2. The Morgan fingerprint density at radius 2 is 2.04 bits per heavy atom. The average molecular weight is 393 g/mol. The van der Waals surface area contributed by atoms with Gasteiger partial charge in [-0.1, -0.05) is 6.07 Å². The maximum Gasteiger partial charge on any atom is 0.355 e. The first-order chi connectivity index (χ1) is 11.6. The zero-order valence-corrected chi connectivity index (χ0v) is 14.5. The Morgan fingerprint density at radius 1 is 1.25 bits per heavy atom. The summed E-state index contributed by atoms with van der Waals surface area (Å²) in [7, 11) is 0. The number of amides is 1. The highest BCUT2D eigenvalue weighted by atomic mass is 79.9. The number of nitrogens with one attached hydrogen (secondary N) is 1. The lowest BCUT2D eigenvalue weighted by atomic mass is 10.3. The van der Waals surface area contributed by atoms with E-state index in [-0.39, 0.29) is 12.5 Å². The van der Waals surface area contributed by atoms with Gasteiger partial charge in [0, 0.05) is 43.0 Å². The number of rotatable bonds is 4. The second kappa shape index (κ2) is 7.48. The predicted octanol–water partition coefficient (Wildman–Crippen LogP) is 1.68. The van der Waals surface area contributed by atoms with Gasteiger partial charge < -0.3 is 19.5 Å². The highest BCUT2D eigenvalue weighted by Gasteiger charge is 2.23. The molecule has 7 nitrogen and oxygen atoms in total. The molecule has 2 aromatic rings. The van der Waals surface area contributed by atoms with Crippen LogP contribution in [0.5, 0.6) is 0 Å². The van der Waals surface area contributed by atoms with E-state index < -0.39 is 5.97 Å². The number of carbonyl (C=O) groups excluding carboxylic acids is 2. The largest absolute Gasteiger partial charge is 0.451 e. The summed E-state index contributed by atoms with van der Waals surface area (Å²) < 4.78 is 5.82. The van der Waals surface area contributed by atoms with E-state index in [1.54, 1.807) is 23.4 Å². The third kappa shape index (κ3) is 3.94. The Balaban J connectivity index is 1.46. The zero-order valence-electron chi connectivity index (χ0n) is 12.9. The summed E-state index contributed by atoms with van der Waals surface area (Å²) in [6.07, 6.45) is 3.39. The molecule has 2 aromatic heterocycles. The van der Waals surface area contributed by atoms with Crippen molar-refractivity contribution in [1.82, 2.24) is 14.9 Å². The van der Waals surface area contributed by atoms with E-state index in [2.05, 4.69) is 30.8 Å². The first-order valence-electron chi connectivity index (χ1n) is 7.58. The predicted molar refractivity (Wildman–Crippen MR) is 91.8 cm³/mol. The van der Waals surface area contributed by atoms with E-state index in [4.69, 9.17) is 4.74 Å². The number of anilines is 1. The molecular formula is C16H17BrN4O3. The first-order valence-corrected chi connectivity index (χ1v) is 8.37. The summed E-state index contributed by atoms with van der Waals surface area (Å²) in [6.45, 7) is 2.33. The molecule has 0 bridgehead atoms. The fourth-order valence-corrected chi connectivity index (χ4v) is 2.85. The first kappa shape index (κ1) is 16.5. The van der Waals surface area contributed by atoms with E-state index in [1.165, 1.54) is 0 Å². The lowest BCUT2D eigenvalue weighted by Gasteiger charge is -2.35. The third-order valence-electron chi connectivity index (χ3n) is 3.80. The number of carbonyl (C=O) groups is 2. The van der Waals surface area contributed by atoms with E-state index in [1.807, 2.05) is 18.2 Å². The quantitative estimate of drug-likeness (QED) is 0.800. The van der Waals surface area contributed by atoms with Crippen molar-refractivity contribution in [3.05, 3.63) is 46.8 Å². The van der Waals surface area contributed by atoms with Crippen LogP contribution in [0, 0.1) is 0 Å². The Morgan fingerprint density at radius 3 is 2.67 bits per heavy atom. The minimum absolute atomic E-state index is 0.186. The fraction of sp³-hybridized carbons (Fsp3) is 0.312. The summed E-state index contributed by atoms with van der Waals surface area (Å²) in [6, 6.07) is 7.38. The molecule has 1 amide bonds. The maximum absolute atomic E-state index is 12.2.